The summed E-state index contributed by atoms with van der Waals surface area (Å²) in [6.45, 7) is 0. The minimum atomic E-state index is 0.785. The van der Waals surface area contributed by atoms with Crippen LogP contribution in [0.1, 0.15) is 35.2 Å². The van der Waals surface area contributed by atoms with Crippen LogP contribution in [0.25, 0.3) is 0 Å². The highest BCUT2D eigenvalue weighted by molar-refractivity contribution is 6.30. The molecule has 2 aliphatic rings. The Morgan fingerprint density at radius 2 is 1.54 bits per heavy atom. The second kappa shape index (κ2) is 2.71. The van der Waals surface area contributed by atoms with Gasteiger partial charge in [0, 0.05) is 5.69 Å². The van der Waals surface area contributed by atoms with Gasteiger partial charge in [0.15, 0.2) is 0 Å². The molecule has 0 aliphatic heterocycles. The maximum Gasteiger partial charge on any atom is 0.132 e. The Labute approximate surface area is 83.1 Å². The predicted octanol–water partition coefficient (Wildman–Crippen LogP) is 2.71. The van der Waals surface area contributed by atoms with Crippen molar-refractivity contribution in [1.29, 1.82) is 0 Å². The molecule has 0 spiro atoms. The number of rotatable bonds is 0. The van der Waals surface area contributed by atoms with E-state index in [0.29, 0.717) is 0 Å². The van der Waals surface area contributed by atoms with Crippen LogP contribution in [0.5, 0.6) is 0 Å². The van der Waals surface area contributed by atoms with Crippen LogP contribution in [0.2, 0.25) is 5.15 Å². The first-order valence-electron chi connectivity index (χ1n) is 5.05. The lowest BCUT2D eigenvalue weighted by Gasteiger charge is -2.07. The first kappa shape index (κ1) is 7.81. The third-order valence-electron chi connectivity index (χ3n) is 3.25. The number of hydrogen-bond acceptors (Lipinski definition) is 1. The van der Waals surface area contributed by atoms with E-state index >= 15 is 0 Å². The van der Waals surface area contributed by atoms with Gasteiger partial charge in [0.05, 0.1) is 0 Å². The van der Waals surface area contributed by atoms with Crippen LogP contribution in [0.15, 0.2) is 0 Å². The molecule has 2 aliphatic carbocycles. The lowest BCUT2D eigenvalue weighted by molar-refractivity contribution is 0.881. The van der Waals surface area contributed by atoms with Crippen molar-refractivity contribution in [2.45, 2.75) is 38.5 Å². The molecule has 0 bridgehead atoms. The van der Waals surface area contributed by atoms with E-state index < -0.39 is 0 Å². The quantitative estimate of drug-likeness (QED) is 0.578. The normalized spacial score (nSPS) is 18.8. The number of hydrogen-bond donors (Lipinski definition) is 0. The van der Waals surface area contributed by atoms with Gasteiger partial charge in [-0.25, -0.2) is 4.98 Å². The molecule has 1 nitrogen and oxygen atoms in total. The first-order chi connectivity index (χ1) is 6.36. The Bertz CT molecular complexity index is 371. The second-order valence-electron chi connectivity index (χ2n) is 3.99. The molecule has 2 heteroatoms. The number of nitrogens with zero attached hydrogens (tertiary/aromatic N) is 1. The molecule has 0 saturated heterocycles. The van der Waals surface area contributed by atoms with Gasteiger partial charge in [0.2, 0.25) is 0 Å². The Hall–Kier alpha value is -0.560. The average Bonchev–Trinajstić information content (AvgIpc) is 2.66. The van der Waals surface area contributed by atoms with E-state index in [1.807, 2.05) is 0 Å². The summed E-state index contributed by atoms with van der Waals surface area (Å²) in [5.41, 5.74) is 5.72. The zero-order valence-corrected chi connectivity index (χ0v) is 8.32. The van der Waals surface area contributed by atoms with Gasteiger partial charge in [-0.15, -0.1) is 0 Å². The SMILES string of the molecule is Clc1nc2c(c3c1CCC3)CCC2. The number of fused-ring (bicyclic) bond motifs is 3. The van der Waals surface area contributed by atoms with Crippen LogP contribution in [-0.2, 0) is 25.7 Å². The lowest BCUT2D eigenvalue weighted by Crippen LogP contribution is -1.97. The van der Waals surface area contributed by atoms with Gasteiger partial charge in [0.25, 0.3) is 0 Å². The zero-order valence-electron chi connectivity index (χ0n) is 7.57. The van der Waals surface area contributed by atoms with Crippen molar-refractivity contribution in [2.75, 3.05) is 0 Å². The molecule has 1 aromatic heterocycles. The molecule has 68 valence electrons. The smallest absolute Gasteiger partial charge is 0.132 e. The minimum absolute atomic E-state index is 0.785. The van der Waals surface area contributed by atoms with E-state index in [2.05, 4.69) is 4.98 Å². The van der Waals surface area contributed by atoms with Crippen molar-refractivity contribution >= 4 is 11.6 Å². The average molecular weight is 194 g/mol. The van der Waals surface area contributed by atoms with Gasteiger partial charge in [-0.1, -0.05) is 11.6 Å². The van der Waals surface area contributed by atoms with Gasteiger partial charge in [-0.2, -0.15) is 0 Å². The minimum Gasteiger partial charge on any atom is -0.241 e. The summed E-state index contributed by atoms with van der Waals surface area (Å²) in [5.74, 6) is 0. The van der Waals surface area contributed by atoms with Gasteiger partial charge in [-0.05, 0) is 55.2 Å². The topological polar surface area (TPSA) is 12.9 Å². The summed E-state index contributed by atoms with van der Waals surface area (Å²) in [6.07, 6.45) is 7.31. The third kappa shape index (κ3) is 1.03. The molecule has 0 saturated carbocycles. The number of aromatic nitrogens is 1. The maximum atomic E-state index is 6.14. The first-order valence-corrected chi connectivity index (χ1v) is 5.43. The standard InChI is InChI=1S/C11H12ClN/c12-11-9-5-1-3-7(9)8-4-2-6-10(8)13-11/h1-6H2. The van der Waals surface area contributed by atoms with E-state index in [1.165, 1.54) is 42.5 Å². The van der Waals surface area contributed by atoms with Crippen molar-refractivity contribution in [3.63, 3.8) is 0 Å². The Balaban J connectivity index is 2.28. The summed E-state index contributed by atoms with van der Waals surface area (Å²) in [5, 5.41) is 0.785. The molecule has 3 rings (SSSR count). The molecule has 0 amide bonds. The molecule has 0 fully saturated rings. The van der Waals surface area contributed by atoms with Crippen LogP contribution >= 0.6 is 11.6 Å². The summed E-state index contributed by atoms with van der Waals surface area (Å²) in [6, 6.07) is 0. The van der Waals surface area contributed by atoms with Gasteiger partial charge in [-0.3, -0.25) is 0 Å². The molecule has 1 heterocycles. The van der Waals surface area contributed by atoms with E-state index in [4.69, 9.17) is 11.6 Å². The third-order valence-corrected chi connectivity index (χ3v) is 3.57. The zero-order chi connectivity index (χ0) is 8.84. The van der Waals surface area contributed by atoms with Gasteiger partial charge in [0.1, 0.15) is 5.15 Å². The van der Waals surface area contributed by atoms with Crippen LogP contribution in [0, 0.1) is 0 Å². The fraction of sp³-hybridized carbons (Fsp3) is 0.545. The molecule has 0 N–H and O–H groups in total. The van der Waals surface area contributed by atoms with Crippen LogP contribution in [0.4, 0.5) is 0 Å². The fourth-order valence-electron chi connectivity index (χ4n) is 2.67. The highest BCUT2D eigenvalue weighted by Crippen LogP contribution is 2.35. The molecular weight excluding hydrogens is 182 g/mol. The van der Waals surface area contributed by atoms with Crippen molar-refractivity contribution < 1.29 is 0 Å². The van der Waals surface area contributed by atoms with E-state index in [1.54, 1.807) is 5.56 Å². The van der Waals surface area contributed by atoms with Crippen molar-refractivity contribution in [3.8, 4) is 0 Å². The fourth-order valence-corrected chi connectivity index (χ4v) is 2.98. The van der Waals surface area contributed by atoms with Crippen LogP contribution in [-0.4, -0.2) is 4.98 Å². The largest absolute Gasteiger partial charge is 0.241 e. The summed E-state index contributed by atoms with van der Waals surface area (Å²) >= 11 is 6.14. The van der Waals surface area contributed by atoms with E-state index in [-0.39, 0.29) is 0 Å². The number of pyridine rings is 1. The molecule has 0 radical (unpaired) electrons. The highest BCUT2D eigenvalue weighted by Gasteiger charge is 2.24. The molecule has 1 aromatic rings. The maximum absolute atomic E-state index is 6.14. The summed E-state index contributed by atoms with van der Waals surface area (Å²) < 4.78 is 0. The molecule has 13 heavy (non-hydrogen) atoms. The van der Waals surface area contributed by atoms with Crippen molar-refractivity contribution in [3.05, 3.63) is 27.5 Å². The van der Waals surface area contributed by atoms with Gasteiger partial charge >= 0.3 is 0 Å². The molecular formula is C11H12ClN. The Kier molecular flexibility index (Phi) is 1.63. The van der Waals surface area contributed by atoms with Crippen LogP contribution in [0.3, 0.4) is 0 Å². The van der Waals surface area contributed by atoms with E-state index in [9.17, 15) is 0 Å². The summed E-state index contributed by atoms with van der Waals surface area (Å²) in [7, 11) is 0. The van der Waals surface area contributed by atoms with Crippen molar-refractivity contribution in [2.24, 2.45) is 0 Å². The number of halogens is 1. The van der Waals surface area contributed by atoms with Crippen molar-refractivity contribution in [1.82, 2.24) is 4.98 Å². The van der Waals surface area contributed by atoms with E-state index in [0.717, 1.165) is 18.0 Å². The molecule has 0 unspecified atom stereocenters. The highest BCUT2D eigenvalue weighted by atomic mass is 35.5. The van der Waals surface area contributed by atoms with Gasteiger partial charge < -0.3 is 0 Å². The second-order valence-corrected chi connectivity index (χ2v) is 4.35. The Morgan fingerprint density at radius 3 is 2.46 bits per heavy atom. The van der Waals surface area contributed by atoms with Crippen LogP contribution < -0.4 is 0 Å². The predicted molar refractivity (Wildman–Crippen MR) is 53.3 cm³/mol. The molecule has 0 aromatic carbocycles. The summed E-state index contributed by atoms with van der Waals surface area (Å²) in [4.78, 5) is 4.49. The monoisotopic (exact) mass is 193 g/mol. The lowest BCUT2D eigenvalue weighted by atomic mass is 10.0. The molecule has 0 atom stereocenters. The Morgan fingerprint density at radius 1 is 0.846 bits per heavy atom. The number of aryl methyl sites for hydroxylation is 1.